The van der Waals surface area contributed by atoms with Gasteiger partial charge in [0, 0.05) is 27.1 Å². The molecule has 5 rings (SSSR count). The number of esters is 1. The molecule has 42 heavy (non-hydrogen) atoms. The molecule has 0 radical (unpaired) electrons. The molecule has 2 aromatic carbocycles. The Hall–Kier alpha value is -3.70. The summed E-state index contributed by atoms with van der Waals surface area (Å²) in [6.45, 7) is 0.241. The van der Waals surface area contributed by atoms with Crippen LogP contribution in [0.15, 0.2) is 42.6 Å². The van der Waals surface area contributed by atoms with Crippen LogP contribution in [0.25, 0.3) is 21.9 Å². The van der Waals surface area contributed by atoms with Crippen LogP contribution in [-0.2, 0) is 34.4 Å². The normalized spacial score (nSPS) is 22.0. The van der Waals surface area contributed by atoms with E-state index in [4.69, 9.17) is 30.4 Å². The molecule has 2 aromatic heterocycles. The largest absolute Gasteiger partial charge is 0.485 e. The SMILES string of the molecule is C#CCCCn1c(COc2cc(C(=O)O[C@H]3[C@@H](OC)O[C@H](CO)[C@@H](O)[C@@H]3O)cc3c2cnn3C)nc2ccccc21.Cl. The minimum absolute atomic E-state index is 0. The summed E-state index contributed by atoms with van der Waals surface area (Å²) >= 11 is 0. The Morgan fingerprint density at radius 2 is 1.98 bits per heavy atom. The molecular formula is C29H33ClN4O8. The average Bonchev–Trinajstić information content (AvgIpc) is 3.54. The molecule has 0 amide bonds. The zero-order chi connectivity index (χ0) is 29.1. The van der Waals surface area contributed by atoms with E-state index in [1.54, 1.807) is 24.0 Å². The molecule has 0 bridgehead atoms. The van der Waals surface area contributed by atoms with Gasteiger partial charge in [-0.15, -0.1) is 24.8 Å². The quantitative estimate of drug-likeness (QED) is 0.140. The lowest BCUT2D eigenvalue weighted by molar-refractivity contribution is -0.293. The van der Waals surface area contributed by atoms with E-state index < -0.39 is 43.3 Å². The number of carbonyl (C=O) groups is 1. The van der Waals surface area contributed by atoms with Crippen LogP contribution in [0, 0.1) is 12.3 Å². The van der Waals surface area contributed by atoms with E-state index in [-0.39, 0.29) is 24.6 Å². The van der Waals surface area contributed by atoms with Gasteiger partial charge in [0.2, 0.25) is 0 Å². The van der Waals surface area contributed by atoms with Crippen LogP contribution in [-0.4, -0.2) is 85.0 Å². The Morgan fingerprint density at radius 3 is 2.71 bits per heavy atom. The predicted octanol–water partition coefficient (Wildman–Crippen LogP) is 1.95. The van der Waals surface area contributed by atoms with Gasteiger partial charge in [-0.25, -0.2) is 9.78 Å². The highest BCUT2D eigenvalue weighted by Crippen LogP contribution is 2.31. The van der Waals surface area contributed by atoms with Gasteiger partial charge in [0.25, 0.3) is 0 Å². The number of aliphatic hydroxyl groups excluding tert-OH is 3. The van der Waals surface area contributed by atoms with Gasteiger partial charge in [0.15, 0.2) is 12.4 Å². The molecule has 1 aliphatic heterocycles. The third-order valence-corrected chi connectivity index (χ3v) is 7.16. The predicted molar refractivity (Wildman–Crippen MR) is 154 cm³/mol. The van der Waals surface area contributed by atoms with Crippen molar-refractivity contribution >= 4 is 40.3 Å². The Kier molecular flexibility index (Phi) is 10.1. The zero-order valence-corrected chi connectivity index (χ0v) is 23.9. The lowest BCUT2D eigenvalue weighted by Crippen LogP contribution is -2.60. The van der Waals surface area contributed by atoms with E-state index in [2.05, 4.69) is 15.6 Å². The number of hydrogen-bond acceptors (Lipinski definition) is 10. The second kappa shape index (κ2) is 13.5. The summed E-state index contributed by atoms with van der Waals surface area (Å²) in [5.74, 6) is 2.95. The monoisotopic (exact) mass is 600 g/mol. The summed E-state index contributed by atoms with van der Waals surface area (Å²) in [5, 5.41) is 35.3. The number of imidazole rings is 1. The summed E-state index contributed by atoms with van der Waals surface area (Å²) < 4.78 is 26.1. The fourth-order valence-corrected chi connectivity index (χ4v) is 4.98. The minimum Gasteiger partial charge on any atom is -0.485 e. The van der Waals surface area contributed by atoms with E-state index in [9.17, 15) is 20.1 Å². The number of fused-ring (bicyclic) bond motifs is 2. The smallest absolute Gasteiger partial charge is 0.338 e. The summed E-state index contributed by atoms with van der Waals surface area (Å²) in [6.07, 6.45) is 1.84. The van der Waals surface area contributed by atoms with Gasteiger partial charge in [-0.05, 0) is 30.7 Å². The maximum absolute atomic E-state index is 13.3. The van der Waals surface area contributed by atoms with E-state index in [0.29, 0.717) is 35.4 Å². The summed E-state index contributed by atoms with van der Waals surface area (Å²) in [6, 6.07) is 10.9. The molecule has 1 saturated heterocycles. The highest BCUT2D eigenvalue weighted by molar-refractivity contribution is 5.97. The van der Waals surface area contributed by atoms with Crippen LogP contribution in [0.4, 0.5) is 0 Å². The topological polar surface area (TPSA) is 150 Å². The van der Waals surface area contributed by atoms with Crippen LogP contribution in [0.3, 0.4) is 0 Å². The highest BCUT2D eigenvalue weighted by Gasteiger charge is 2.47. The first-order chi connectivity index (χ1) is 19.9. The molecule has 1 aliphatic rings. The molecular weight excluding hydrogens is 568 g/mol. The third kappa shape index (κ3) is 6.07. The number of hydrogen-bond donors (Lipinski definition) is 3. The molecule has 0 saturated carbocycles. The van der Waals surface area contributed by atoms with Crippen molar-refractivity contribution in [2.24, 2.45) is 7.05 Å². The Bertz CT molecular complexity index is 1580. The molecule has 5 atom stereocenters. The zero-order valence-electron chi connectivity index (χ0n) is 23.1. The van der Waals surface area contributed by atoms with E-state index in [0.717, 1.165) is 17.5 Å². The van der Waals surface area contributed by atoms with Gasteiger partial charge >= 0.3 is 5.97 Å². The molecule has 12 nitrogen and oxygen atoms in total. The van der Waals surface area contributed by atoms with Crippen molar-refractivity contribution in [2.45, 2.75) is 56.7 Å². The van der Waals surface area contributed by atoms with Crippen LogP contribution >= 0.6 is 12.4 Å². The molecule has 0 aliphatic carbocycles. The number of aryl methyl sites for hydroxylation is 2. The number of nitrogens with zero attached hydrogens (tertiary/aromatic N) is 4. The number of aromatic nitrogens is 4. The molecule has 224 valence electrons. The fourth-order valence-electron chi connectivity index (χ4n) is 4.98. The first-order valence-corrected chi connectivity index (χ1v) is 13.2. The van der Waals surface area contributed by atoms with Crippen molar-refractivity contribution in [1.29, 1.82) is 0 Å². The molecule has 0 spiro atoms. The number of unbranched alkanes of at least 4 members (excludes halogenated alkanes) is 1. The molecule has 0 unspecified atom stereocenters. The Balaban J connectivity index is 0.00000405. The molecule has 13 heteroatoms. The molecule has 3 heterocycles. The van der Waals surface area contributed by atoms with Crippen molar-refractivity contribution < 1.29 is 39.1 Å². The Labute approximate surface area is 248 Å². The lowest BCUT2D eigenvalue weighted by atomic mass is 9.99. The van der Waals surface area contributed by atoms with Crippen LogP contribution < -0.4 is 4.74 Å². The van der Waals surface area contributed by atoms with Gasteiger partial charge in [-0.1, -0.05) is 12.1 Å². The Morgan fingerprint density at radius 1 is 1.19 bits per heavy atom. The summed E-state index contributed by atoms with van der Waals surface area (Å²) in [4.78, 5) is 18.1. The number of para-hydroxylation sites is 2. The lowest BCUT2D eigenvalue weighted by Gasteiger charge is -2.40. The highest BCUT2D eigenvalue weighted by atomic mass is 35.5. The van der Waals surface area contributed by atoms with Crippen LogP contribution in [0.5, 0.6) is 5.75 Å². The van der Waals surface area contributed by atoms with Gasteiger partial charge in [0.1, 0.15) is 36.5 Å². The van der Waals surface area contributed by atoms with Crippen molar-refractivity contribution in [3.8, 4) is 18.1 Å². The summed E-state index contributed by atoms with van der Waals surface area (Å²) in [7, 11) is 3.04. The average molecular weight is 601 g/mol. The first kappa shape index (κ1) is 31.2. The van der Waals surface area contributed by atoms with E-state index in [1.807, 2.05) is 24.3 Å². The minimum atomic E-state index is -1.55. The number of aliphatic hydroxyl groups is 3. The van der Waals surface area contributed by atoms with Crippen molar-refractivity contribution in [2.75, 3.05) is 13.7 Å². The number of rotatable bonds is 10. The van der Waals surface area contributed by atoms with Crippen LogP contribution in [0.2, 0.25) is 0 Å². The third-order valence-electron chi connectivity index (χ3n) is 7.16. The maximum Gasteiger partial charge on any atom is 0.338 e. The van der Waals surface area contributed by atoms with Gasteiger partial charge < -0.3 is 38.8 Å². The number of methoxy groups -OCH3 is 1. The molecule has 4 aromatic rings. The second-order valence-corrected chi connectivity index (χ2v) is 9.75. The van der Waals surface area contributed by atoms with E-state index in [1.165, 1.54) is 13.2 Å². The first-order valence-electron chi connectivity index (χ1n) is 13.2. The number of benzene rings is 2. The van der Waals surface area contributed by atoms with Gasteiger partial charge in [0.05, 0.1) is 40.3 Å². The number of terminal acetylenes is 1. The van der Waals surface area contributed by atoms with Crippen molar-refractivity contribution in [3.63, 3.8) is 0 Å². The number of carbonyl (C=O) groups excluding carboxylic acids is 1. The summed E-state index contributed by atoms with van der Waals surface area (Å²) in [5.41, 5.74) is 2.54. The van der Waals surface area contributed by atoms with E-state index >= 15 is 0 Å². The van der Waals surface area contributed by atoms with Crippen LogP contribution in [0.1, 0.15) is 29.0 Å². The maximum atomic E-state index is 13.3. The van der Waals surface area contributed by atoms with Crippen molar-refractivity contribution in [1.82, 2.24) is 19.3 Å². The number of halogens is 1. The molecule has 1 fully saturated rings. The van der Waals surface area contributed by atoms with Gasteiger partial charge in [-0.2, -0.15) is 5.10 Å². The number of ether oxygens (including phenoxy) is 4. The van der Waals surface area contributed by atoms with Gasteiger partial charge in [-0.3, -0.25) is 4.68 Å². The second-order valence-electron chi connectivity index (χ2n) is 9.75. The van der Waals surface area contributed by atoms with Crippen molar-refractivity contribution in [3.05, 3.63) is 54.0 Å². The standard InChI is InChI=1S/C29H32N4O8.ClH/c1-4-5-8-11-33-20-10-7-6-9-19(20)31-24(33)16-39-22-13-17(12-21-18(22)14-30-32(21)2)28(37)41-27-26(36)25(35)23(15-34)40-29(27)38-3;/h1,6-7,9-10,12-14,23,25-27,29,34-36H,5,8,11,15-16H2,2-3H3;1H/t23-,25-,26+,27-,29+;/m1./s1. The molecule has 3 N–H and O–H groups in total. The fraction of sp³-hybridized carbons (Fsp3) is 0.414.